The maximum Gasteiger partial charge on any atom is 0.306 e. The van der Waals surface area contributed by atoms with Crippen molar-refractivity contribution in [2.75, 3.05) is 41.8 Å². The predicted molar refractivity (Wildman–Crippen MR) is 156 cm³/mol. The Kier molecular flexibility index (Phi) is 9.74. The molecule has 0 saturated carbocycles. The van der Waals surface area contributed by atoms with E-state index >= 15 is 4.39 Å². The molecule has 1 saturated heterocycles. The summed E-state index contributed by atoms with van der Waals surface area (Å²) in [7, 11) is 0. The van der Waals surface area contributed by atoms with Gasteiger partial charge in [-0.1, -0.05) is 19.1 Å². The first-order chi connectivity index (χ1) is 20.3. The molecule has 4 rings (SSSR count). The highest BCUT2D eigenvalue weighted by Gasteiger charge is 2.28. The molecule has 10 nitrogen and oxygen atoms in total. The van der Waals surface area contributed by atoms with Gasteiger partial charge in [0.15, 0.2) is 23.3 Å². The number of amides is 1. The molecular weight excluding hydrogens is 565 g/mol. The van der Waals surface area contributed by atoms with Gasteiger partial charge in [0.2, 0.25) is 0 Å². The summed E-state index contributed by atoms with van der Waals surface area (Å²) in [6, 6.07) is 6.93. The third-order valence-corrected chi connectivity index (χ3v) is 6.61. The number of ether oxygens (including phenoxy) is 2. The van der Waals surface area contributed by atoms with Crippen LogP contribution in [0.25, 0.3) is 0 Å². The van der Waals surface area contributed by atoms with Gasteiger partial charge in [-0.2, -0.15) is 0 Å². The van der Waals surface area contributed by atoms with Crippen LogP contribution in [0.4, 0.5) is 36.3 Å². The number of hydrogen-bond acceptors (Lipinski definition) is 9. The normalized spacial score (nSPS) is 15.0. The van der Waals surface area contributed by atoms with Crippen molar-refractivity contribution in [1.82, 2.24) is 9.97 Å². The first kappa shape index (κ1) is 31.5. The molecule has 43 heavy (non-hydrogen) atoms. The standard InChI is InChI=1S/C30H35F3N6O4/c1-17(12-24(40)43-30(2,3)4)25(18-6-5-7-19(31)13-18)37-28-22(32)15-21(26(34)41)27(38-28)36-20-14-23(33)29(35-16-20)39-8-10-42-11-9-39/h5-7,13-17,25H,8-12H2,1-4H3,(H2,34,41)(H2,36,37,38)/t17-,25+/m1/s1. The van der Waals surface area contributed by atoms with Crippen molar-refractivity contribution in [2.24, 2.45) is 11.7 Å². The Morgan fingerprint density at radius 1 is 1.09 bits per heavy atom. The van der Waals surface area contributed by atoms with Gasteiger partial charge < -0.3 is 30.7 Å². The Morgan fingerprint density at radius 3 is 2.44 bits per heavy atom. The van der Waals surface area contributed by atoms with E-state index in [9.17, 15) is 18.4 Å². The smallest absolute Gasteiger partial charge is 0.306 e. The molecule has 230 valence electrons. The fourth-order valence-corrected chi connectivity index (χ4v) is 4.68. The highest BCUT2D eigenvalue weighted by Crippen LogP contribution is 2.33. The zero-order chi connectivity index (χ0) is 31.3. The quantitative estimate of drug-likeness (QED) is 0.272. The predicted octanol–water partition coefficient (Wildman–Crippen LogP) is 5.09. The molecule has 2 aromatic heterocycles. The van der Waals surface area contributed by atoms with Crippen LogP contribution in [0.15, 0.2) is 42.6 Å². The number of pyridine rings is 2. The molecule has 3 heterocycles. The Hall–Kier alpha value is -4.39. The summed E-state index contributed by atoms with van der Waals surface area (Å²) >= 11 is 0. The van der Waals surface area contributed by atoms with Gasteiger partial charge in [-0.25, -0.2) is 23.1 Å². The van der Waals surface area contributed by atoms with Gasteiger partial charge in [0.05, 0.1) is 43.1 Å². The second kappa shape index (κ2) is 13.3. The van der Waals surface area contributed by atoms with Crippen LogP contribution in [0.1, 0.15) is 56.1 Å². The molecule has 2 atom stereocenters. The van der Waals surface area contributed by atoms with Crippen LogP contribution in [0.5, 0.6) is 0 Å². The van der Waals surface area contributed by atoms with Crippen molar-refractivity contribution in [3.05, 3.63) is 71.2 Å². The van der Waals surface area contributed by atoms with Crippen molar-refractivity contribution in [2.45, 2.75) is 45.8 Å². The van der Waals surface area contributed by atoms with E-state index in [0.717, 1.165) is 6.07 Å². The third kappa shape index (κ3) is 8.34. The zero-order valence-electron chi connectivity index (χ0n) is 24.4. The molecule has 4 N–H and O–H groups in total. The lowest BCUT2D eigenvalue weighted by Gasteiger charge is -2.28. The summed E-state index contributed by atoms with van der Waals surface area (Å²) in [5.74, 6) is -4.36. The summed E-state index contributed by atoms with van der Waals surface area (Å²) in [6.07, 6.45) is 1.28. The molecule has 13 heteroatoms. The first-order valence-electron chi connectivity index (χ1n) is 13.8. The third-order valence-electron chi connectivity index (χ3n) is 6.61. The number of halogens is 3. The van der Waals surface area contributed by atoms with E-state index in [1.54, 1.807) is 38.7 Å². The number of carbonyl (C=O) groups is 2. The molecule has 1 fully saturated rings. The lowest BCUT2D eigenvalue weighted by molar-refractivity contribution is -0.155. The number of primary amides is 1. The van der Waals surface area contributed by atoms with Gasteiger partial charge >= 0.3 is 5.97 Å². The average Bonchev–Trinajstić information content (AvgIpc) is 2.92. The number of morpholine rings is 1. The van der Waals surface area contributed by atoms with Crippen LogP contribution < -0.4 is 21.3 Å². The Morgan fingerprint density at radius 2 is 1.81 bits per heavy atom. The summed E-state index contributed by atoms with van der Waals surface area (Å²) in [5, 5.41) is 5.76. The Labute approximate surface area is 247 Å². The van der Waals surface area contributed by atoms with Crippen LogP contribution in [0.2, 0.25) is 0 Å². The van der Waals surface area contributed by atoms with Gasteiger partial charge in [0.25, 0.3) is 5.91 Å². The number of hydrogen-bond donors (Lipinski definition) is 3. The van der Waals surface area contributed by atoms with E-state index in [2.05, 4.69) is 20.6 Å². The van der Waals surface area contributed by atoms with E-state index < -0.39 is 46.9 Å². The Balaban J connectivity index is 1.65. The lowest BCUT2D eigenvalue weighted by Crippen LogP contribution is -2.37. The first-order valence-corrected chi connectivity index (χ1v) is 13.8. The largest absolute Gasteiger partial charge is 0.460 e. The van der Waals surface area contributed by atoms with Crippen LogP contribution >= 0.6 is 0 Å². The van der Waals surface area contributed by atoms with E-state index in [1.165, 1.54) is 30.5 Å². The van der Waals surface area contributed by atoms with Gasteiger partial charge in [0, 0.05) is 19.2 Å². The van der Waals surface area contributed by atoms with Gasteiger partial charge in [-0.05, 0) is 50.5 Å². The maximum atomic E-state index is 15.3. The molecular formula is C30H35F3N6O4. The minimum absolute atomic E-state index is 0.0714. The Bertz CT molecular complexity index is 1480. The lowest BCUT2D eigenvalue weighted by atomic mass is 9.91. The number of benzene rings is 1. The molecule has 0 bridgehead atoms. The fourth-order valence-electron chi connectivity index (χ4n) is 4.68. The van der Waals surface area contributed by atoms with E-state index in [-0.39, 0.29) is 35.1 Å². The molecule has 0 unspecified atom stereocenters. The number of aromatic nitrogens is 2. The molecule has 1 aromatic carbocycles. The minimum atomic E-state index is -0.973. The number of nitrogens with two attached hydrogens (primary N) is 1. The number of carbonyl (C=O) groups excluding carboxylic acids is 2. The van der Waals surface area contributed by atoms with Crippen LogP contribution in [-0.2, 0) is 14.3 Å². The van der Waals surface area contributed by atoms with Crippen molar-refractivity contribution >= 4 is 35.0 Å². The van der Waals surface area contributed by atoms with Crippen molar-refractivity contribution in [3.63, 3.8) is 0 Å². The summed E-state index contributed by atoms with van der Waals surface area (Å²) in [4.78, 5) is 35.0. The molecule has 3 aromatic rings. The summed E-state index contributed by atoms with van der Waals surface area (Å²) in [6.45, 7) is 8.81. The van der Waals surface area contributed by atoms with Crippen LogP contribution in [0, 0.1) is 23.4 Å². The van der Waals surface area contributed by atoms with Gasteiger partial charge in [-0.3, -0.25) is 9.59 Å². The van der Waals surface area contributed by atoms with Crippen LogP contribution in [-0.4, -0.2) is 53.7 Å². The highest BCUT2D eigenvalue weighted by atomic mass is 19.1. The molecule has 0 radical (unpaired) electrons. The van der Waals surface area contributed by atoms with Gasteiger partial charge in [-0.15, -0.1) is 0 Å². The maximum absolute atomic E-state index is 15.3. The fraction of sp³-hybridized carbons (Fsp3) is 0.400. The summed E-state index contributed by atoms with van der Waals surface area (Å²) < 4.78 is 55.3. The van der Waals surface area contributed by atoms with Crippen molar-refractivity contribution in [1.29, 1.82) is 0 Å². The van der Waals surface area contributed by atoms with E-state index in [4.69, 9.17) is 15.2 Å². The molecule has 1 aliphatic heterocycles. The number of nitrogens with one attached hydrogen (secondary N) is 2. The molecule has 0 aliphatic carbocycles. The van der Waals surface area contributed by atoms with Crippen LogP contribution in [0.3, 0.4) is 0 Å². The topological polar surface area (TPSA) is 132 Å². The molecule has 1 amide bonds. The number of nitrogens with zero attached hydrogens (tertiary/aromatic N) is 3. The zero-order valence-corrected chi connectivity index (χ0v) is 24.4. The van der Waals surface area contributed by atoms with E-state index in [0.29, 0.717) is 31.9 Å². The molecule has 0 spiro atoms. The minimum Gasteiger partial charge on any atom is -0.460 e. The monoisotopic (exact) mass is 600 g/mol. The van der Waals surface area contributed by atoms with Gasteiger partial charge in [0.1, 0.15) is 17.2 Å². The SMILES string of the molecule is C[C@H](CC(=O)OC(C)(C)C)[C@H](Nc1nc(Nc2cnc(N3CCOCC3)c(F)c2)c(C(N)=O)cc1F)c1cccc(F)c1. The molecule has 1 aliphatic rings. The van der Waals surface area contributed by atoms with E-state index in [1.807, 2.05) is 0 Å². The second-order valence-corrected chi connectivity index (χ2v) is 11.3. The number of anilines is 4. The second-order valence-electron chi connectivity index (χ2n) is 11.3. The number of esters is 1. The van der Waals surface area contributed by atoms with Crippen molar-refractivity contribution in [3.8, 4) is 0 Å². The van der Waals surface area contributed by atoms with Crippen molar-refractivity contribution < 1.29 is 32.2 Å². The highest BCUT2D eigenvalue weighted by molar-refractivity contribution is 5.98. The number of rotatable bonds is 10. The average molecular weight is 601 g/mol. The summed E-state index contributed by atoms with van der Waals surface area (Å²) in [5.41, 5.74) is 5.06.